The van der Waals surface area contributed by atoms with Crippen molar-refractivity contribution < 1.29 is 23.9 Å². The summed E-state index contributed by atoms with van der Waals surface area (Å²) in [7, 11) is 0. The van der Waals surface area contributed by atoms with Gasteiger partial charge in [-0.25, -0.2) is 4.79 Å². The first-order chi connectivity index (χ1) is 15.4. The van der Waals surface area contributed by atoms with E-state index in [-0.39, 0.29) is 5.91 Å². The van der Waals surface area contributed by atoms with E-state index in [1.54, 1.807) is 36.1 Å². The third-order valence-corrected chi connectivity index (χ3v) is 6.32. The van der Waals surface area contributed by atoms with Crippen LogP contribution in [-0.4, -0.2) is 42.6 Å². The van der Waals surface area contributed by atoms with Gasteiger partial charge in [-0.2, -0.15) is 0 Å². The summed E-state index contributed by atoms with van der Waals surface area (Å²) in [6.07, 6.45) is 3.32. The number of primary amides is 1. The number of amides is 3. The first kappa shape index (κ1) is 23.6. The SMILES string of the molecule is CCCCCOc1ccc(C(=O)Nc2sc3c(c2C(N)=O)CCN(C(=O)OCC)C3)cc1. The van der Waals surface area contributed by atoms with Gasteiger partial charge in [0.1, 0.15) is 10.8 Å². The van der Waals surface area contributed by atoms with Crippen LogP contribution >= 0.6 is 11.3 Å². The number of nitrogens with zero attached hydrogens (tertiary/aromatic N) is 1. The van der Waals surface area contributed by atoms with Crippen LogP contribution < -0.4 is 15.8 Å². The number of rotatable bonds is 9. The molecule has 1 aromatic carbocycles. The lowest BCUT2D eigenvalue weighted by molar-refractivity contribution is 0.0997. The van der Waals surface area contributed by atoms with E-state index >= 15 is 0 Å². The Labute approximate surface area is 191 Å². The van der Waals surface area contributed by atoms with Gasteiger partial charge in [-0.3, -0.25) is 9.59 Å². The molecule has 1 aromatic heterocycles. The van der Waals surface area contributed by atoms with Gasteiger partial charge in [0.05, 0.1) is 25.3 Å². The second-order valence-corrected chi connectivity index (χ2v) is 8.58. The number of hydrogen-bond acceptors (Lipinski definition) is 6. The summed E-state index contributed by atoms with van der Waals surface area (Å²) in [6.45, 7) is 5.57. The van der Waals surface area contributed by atoms with Crippen LogP contribution in [0, 0.1) is 0 Å². The van der Waals surface area contributed by atoms with Crippen LogP contribution in [0.5, 0.6) is 5.75 Å². The number of nitrogens with one attached hydrogen (secondary N) is 1. The van der Waals surface area contributed by atoms with Gasteiger partial charge in [0, 0.05) is 17.0 Å². The highest BCUT2D eigenvalue weighted by atomic mass is 32.1. The van der Waals surface area contributed by atoms with Crippen molar-refractivity contribution in [2.24, 2.45) is 5.73 Å². The lowest BCUT2D eigenvalue weighted by atomic mass is 10.0. The maximum Gasteiger partial charge on any atom is 0.410 e. The lowest BCUT2D eigenvalue weighted by Gasteiger charge is -2.26. The monoisotopic (exact) mass is 459 g/mol. The summed E-state index contributed by atoms with van der Waals surface area (Å²) in [4.78, 5) is 39.4. The molecule has 1 aliphatic heterocycles. The Hall–Kier alpha value is -3.07. The van der Waals surface area contributed by atoms with Crippen molar-refractivity contribution in [3.63, 3.8) is 0 Å². The van der Waals surface area contributed by atoms with E-state index in [1.165, 1.54) is 11.3 Å². The highest BCUT2D eigenvalue weighted by Crippen LogP contribution is 2.37. The quantitative estimate of drug-likeness (QED) is 0.547. The average Bonchev–Trinajstić information content (AvgIpc) is 3.14. The molecule has 3 amide bonds. The van der Waals surface area contributed by atoms with E-state index in [0.29, 0.717) is 54.6 Å². The van der Waals surface area contributed by atoms with Gasteiger partial charge >= 0.3 is 6.09 Å². The first-order valence-corrected chi connectivity index (χ1v) is 11.7. The Bertz CT molecular complexity index is 971. The normalized spacial score (nSPS) is 12.8. The van der Waals surface area contributed by atoms with Crippen molar-refractivity contribution in [1.82, 2.24) is 4.90 Å². The van der Waals surface area contributed by atoms with Crippen LogP contribution in [0.1, 0.15) is 64.3 Å². The molecule has 0 saturated heterocycles. The number of nitrogens with two attached hydrogens (primary N) is 1. The van der Waals surface area contributed by atoms with E-state index < -0.39 is 12.0 Å². The van der Waals surface area contributed by atoms with Crippen molar-refractivity contribution >= 4 is 34.2 Å². The number of fused-ring (bicyclic) bond motifs is 1. The molecule has 32 heavy (non-hydrogen) atoms. The standard InChI is InChI=1S/C23H29N3O5S/c1-3-5-6-13-31-16-9-7-15(8-10-16)21(28)25-22-19(20(24)27)17-11-12-26(14-18(17)32-22)23(29)30-4-2/h7-10H,3-6,11-14H2,1-2H3,(H2,24,27)(H,25,28). The molecule has 1 aliphatic rings. The third-order valence-electron chi connectivity index (χ3n) is 5.19. The smallest absolute Gasteiger partial charge is 0.410 e. The summed E-state index contributed by atoms with van der Waals surface area (Å²) in [5.74, 6) is -0.231. The summed E-state index contributed by atoms with van der Waals surface area (Å²) < 4.78 is 10.7. The molecule has 9 heteroatoms. The Morgan fingerprint density at radius 2 is 1.91 bits per heavy atom. The number of benzene rings is 1. The van der Waals surface area contributed by atoms with E-state index in [4.69, 9.17) is 15.2 Å². The van der Waals surface area contributed by atoms with Gasteiger partial charge in [-0.1, -0.05) is 19.8 Å². The van der Waals surface area contributed by atoms with Crippen LogP contribution in [0.25, 0.3) is 0 Å². The number of ether oxygens (including phenoxy) is 2. The van der Waals surface area contributed by atoms with Gasteiger partial charge in [-0.05, 0) is 49.6 Å². The summed E-state index contributed by atoms with van der Waals surface area (Å²) >= 11 is 1.26. The summed E-state index contributed by atoms with van der Waals surface area (Å²) in [5.41, 5.74) is 7.17. The zero-order valence-electron chi connectivity index (χ0n) is 18.4. The molecule has 2 aromatic rings. The Balaban J connectivity index is 1.71. The molecule has 172 valence electrons. The van der Waals surface area contributed by atoms with Crippen LogP contribution in [-0.2, 0) is 17.7 Å². The van der Waals surface area contributed by atoms with Crippen LogP contribution in [0.2, 0.25) is 0 Å². The molecule has 0 bridgehead atoms. The maximum absolute atomic E-state index is 12.8. The van der Waals surface area contributed by atoms with E-state index in [9.17, 15) is 14.4 Å². The maximum atomic E-state index is 12.8. The molecule has 3 rings (SSSR count). The molecular weight excluding hydrogens is 430 g/mol. The molecule has 0 fully saturated rings. The molecular formula is C23H29N3O5S. The predicted molar refractivity (Wildman–Crippen MR) is 123 cm³/mol. The zero-order chi connectivity index (χ0) is 23.1. The van der Waals surface area contributed by atoms with E-state index in [0.717, 1.165) is 29.7 Å². The van der Waals surface area contributed by atoms with Crippen LogP contribution in [0.15, 0.2) is 24.3 Å². The van der Waals surface area contributed by atoms with Crippen LogP contribution in [0.4, 0.5) is 9.80 Å². The largest absolute Gasteiger partial charge is 0.494 e. The second kappa shape index (κ2) is 11.0. The van der Waals surface area contributed by atoms with E-state index in [2.05, 4.69) is 12.2 Å². The fraction of sp³-hybridized carbons (Fsp3) is 0.435. The topological polar surface area (TPSA) is 111 Å². The van der Waals surface area contributed by atoms with Crippen LogP contribution in [0.3, 0.4) is 0 Å². The molecule has 0 saturated carbocycles. The Kier molecular flexibility index (Phi) is 8.10. The number of unbranched alkanes of at least 4 members (excludes halogenated alkanes) is 2. The summed E-state index contributed by atoms with van der Waals surface area (Å²) in [5, 5.41) is 3.22. The molecule has 2 heterocycles. The van der Waals surface area contributed by atoms with Gasteiger partial charge in [0.15, 0.2) is 0 Å². The fourth-order valence-corrected chi connectivity index (χ4v) is 4.81. The highest BCUT2D eigenvalue weighted by molar-refractivity contribution is 7.17. The second-order valence-electron chi connectivity index (χ2n) is 7.48. The average molecular weight is 460 g/mol. The third kappa shape index (κ3) is 5.59. The lowest BCUT2D eigenvalue weighted by Crippen LogP contribution is -2.36. The Morgan fingerprint density at radius 3 is 2.56 bits per heavy atom. The minimum Gasteiger partial charge on any atom is -0.494 e. The fourth-order valence-electron chi connectivity index (χ4n) is 3.54. The molecule has 3 N–H and O–H groups in total. The number of carbonyl (C=O) groups excluding carboxylic acids is 3. The van der Waals surface area contributed by atoms with Gasteiger partial charge < -0.3 is 25.4 Å². The predicted octanol–water partition coefficient (Wildman–Crippen LogP) is 4.18. The summed E-state index contributed by atoms with van der Waals surface area (Å²) in [6, 6.07) is 6.88. The minimum atomic E-state index is -0.599. The van der Waals surface area contributed by atoms with Gasteiger partial charge in [0.25, 0.3) is 11.8 Å². The van der Waals surface area contributed by atoms with Crippen molar-refractivity contribution in [2.75, 3.05) is 25.1 Å². The number of hydrogen-bond donors (Lipinski definition) is 2. The number of anilines is 1. The van der Waals surface area contributed by atoms with Gasteiger partial charge in [0.2, 0.25) is 0 Å². The molecule has 0 aliphatic carbocycles. The molecule has 0 atom stereocenters. The Morgan fingerprint density at radius 1 is 1.16 bits per heavy atom. The number of carbonyl (C=O) groups is 3. The minimum absolute atomic E-state index is 0.295. The first-order valence-electron chi connectivity index (χ1n) is 10.8. The zero-order valence-corrected chi connectivity index (χ0v) is 19.3. The molecule has 8 nitrogen and oxygen atoms in total. The molecule has 0 unspecified atom stereocenters. The van der Waals surface area contributed by atoms with Gasteiger partial charge in [-0.15, -0.1) is 11.3 Å². The highest BCUT2D eigenvalue weighted by Gasteiger charge is 2.30. The number of thiophene rings is 1. The van der Waals surface area contributed by atoms with Crippen molar-refractivity contribution in [2.45, 2.75) is 46.1 Å². The van der Waals surface area contributed by atoms with Crippen molar-refractivity contribution in [3.8, 4) is 5.75 Å². The van der Waals surface area contributed by atoms with Crippen molar-refractivity contribution in [3.05, 3.63) is 45.8 Å². The van der Waals surface area contributed by atoms with E-state index in [1.807, 2.05) is 0 Å². The molecule has 0 spiro atoms. The van der Waals surface area contributed by atoms with Crippen molar-refractivity contribution in [1.29, 1.82) is 0 Å². The molecule has 0 radical (unpaired) electrons.